The molecule has 1 heterocycles. The van der Waals surface area contributed by atoms with E-state index in [-0.39, 0.29) is 18.7 Å². The van der Waals surface area contributed by atoms with Crippen LogP contribution >= 0.6 is 0 Å². The highest BCUT2D eigenvalue weighted by molar-refractivity contribution is 5.78. The van der Waals surface area contributed by atoms with Gasteiger partial charge >= 0.3 is 5.97 Å². The van der Waals surface area contributed by atoms with E-state index < -0.39 is 11.5 Å². The number of aromatic nitrogens is 1. The van der Waals surface area contributed by atoms with Crippen LogP contribution in [0.25, 0.3) is 0 Å². The monoisotopic (exact) mass is 250 g/mol. The summed E-state index contributed by atoms with van der Waals surface area (Å²) in [5, 5.41) is 11.4. The second kappa shape index (κ2) is 6.14. The van der Waals surface area contributed by atoms with Gasteiger partial charge in [-0.25, -0.2) is 0 Å². The largest absolute Gasteiger partial charge is 0.481 e. The van der Waals surface area contributed by atoms with Gasteiger partial charge in [0.1, 0.15) is 0 Å². The summed E-state index contributed by atoms with van der Waals surface area (Å²) in [6.07, 6.45) is 2.28. The van der Waals surface area contributed by atoms with E-state index in [9.17, 15) is 9.59 Å². The first kappa shape index (κ1) is 14.2. The standard InChI is InChI=1S/C13H18N2O3/c1-13(2,7-6-12(17)18)15-11(16)9-10-5-3-4-8-14-10/h3-5,8H,6-7,9H2,1-2H3,(H,15,16)(H,17,18). The Bertz CT molecular complexity index is 416. The van der Waals surface area contributed by atoms with Crippen molar-refractivity contribution in [1.29, 1.82) is 0 Å². The smallest absolute Gasteiger partial charge is 0.303 e. The Morgan fingerprint density at radius 3 is 2.67 bits per heavy atom. The molecule has 1 amide bonds. The van der Waals surface area contributed by atoms with E-state index in [1.807, 2.05) is 19.9 Å². The zero-order valence-corrected chi connectivity index (χ0v) is 10.6. The SMILES string of the molecule is CC(C)(CCC(=O)O)NC(=O)Cc1ccccn1. The van der Waals surface area contributed by atoms with E-state index in [2.05, 4.69) is 10.3 Å². The van der Waals surface area contributed by atoms with Gasteiger partial charge in [0.25, 0.3) is 0 Å². The summed E-state index contributed by atoms with van der Waals surface area (Å²) in [7, 11) is 0. The van der Waals surface area contributed by atoms with E-state index in [1.165, 1.54) is 0 Å². The molecule has 98 valence electrons. The maximum absolute atomic E-state index is 11.8. The molecule has 0 unspecified atom stereocenters. The van der Waals surface area contributed by atoms with Crippen LogP contribution < -0.4 is 5.32 Å². The van der Waals surface area contributed by atoms with Crippen molar-refractivity contribution in [3.8, 4) is 0 Å². The number of nitrogens with zero attached hydrogens (tertiary/aromatic N) is 1. The van der Waals surface area contributed by atoms with Crippen LogP contribution in [0.3, 0.4) is 0 Å². The average Bonchev–Trinajstić information content (AvgIpc) is 2.27. The molecule has 5 nitrogen and oxygen atoms in total. The number of hydrogen-bond donors (Lipinski definition) is 2. The highest BCUT2D eigenvalue weighted by Gasteiger charge is 2.21. The molecular weight excluding hydrogens is 232 g/mol. The molecule has 0 aliphatic rings. The molecule has 1 aromatic heterocycles. The summed E-state index contributed by atoms with van der Waals surface area (Å²) in [4.78, 5) is 26.3. The number of carboxylic acid groups (broad SMARTS) is 1. The third-order valence-electron chi connectivity index (χ3n) is 2.51. The molecule has 1 aromatic rings. The second-order valence-corrected chi connectivity index (χ2v) is 4.82. The molecule has 0 radical (unpaired) electrons. The summed E-state index contributed by atoms with van der Waals surface area (Å²) in [6, 6.07) is 5.40. The molecule has 0 aliphatic heterocycles. The summed E-state index contributed by atoms with van der Waals surface area (Å²) < 4.78 is 0. The number of aliphatic carboxylic acids is 1. The fourth-order valence-corrected chi connectivity index (χ4v) is 1.57. The van der Waals surface area contributed by atoms with E-state index in [0.29, 0.717) is 12.1 Å². The number of nitrogens with one attached hydrogen (secondary N) is 1. The van der Waals surface area contributed by atoms with Crippen LogP contribution in [-0.4, -0.2) is 27.5 Å². The van der Waals surface area contributed by atoms with Crippen molar-refractivity contribution >= 4 is 11.9 Å². The number of hydrogen-bond acceptors (Lipinski definition) is 3. The Balaban J connectivity index is 2.46. The maximum Gasteiger partial charge on any atom is 0.303 e. The lowest BCUT2D eigenvalue weighted by atomic mass is 9.98. The first-order chi connectivity index (χ1) is 8.39. The molecule has 2 N–H and O–H groups in total. The van der Waals surface area contributed by atoms with E-state index >= 15 is 0 Å². The Hall–Kier alpha value is -1.91. The van der Waals surface area contributed by atoms with Crippen LogP contribution in [0.1, 0.15) is 32.4 Å². The van der Waals surface area contributed by atoms with Gasteiger partial charge in [0, 0.05) is 23.9 Å². The van der Waals surface area contributed by atoms with Crippen molar-refractivity contribution in [2.45, 2.75) is 38.6 Å². The minimum Gasteiger partial charge on any atom is -0.481 e. The molecule has 18 heavy (non-hydrogen) atoms. The zero-order valence-electron chi connectivity index (χ0n) is 10.6. The van der Waals surface area contributed by atoms with Crippen LogP contribution in [0, 0.1) is 0 Å². The van der Waals surface area contributed by atoms with Crippen molar-refractivity contribution in [2.75, 3.05) is 0 Å². The lowest BCUT2D eigenvalue weighted by molar-refractivity contribution is -0.137. The molecule has 0 spiro atoms. The lowest BCUT2D eigenvalue weighted by Gasteiger charge is -2.25. The van der Waals surface area contributed by atoms with Crippen molar-refractivity contribution in [1.82, 2.24) is 10.3 Å². The minimum atomic E-state index is -0.859. The maximum atomic E-state index is 11.8. The van der Waals surface area contributed by atoms with E-state index in [4.69, 9.17) is 5.11 Å². The Morgan fingerprint density at radius 2 is 2.11 bits per heavy atom. The van der Waals surface area contributed by atoms with Crippen LogP contribution in [0.5, 0.6) is 0 Å². The number of rotatable bonds is 6. The van der Waals surface area contributed by atoms with Crippen molar-refractivity contribution in [3.05, 3.63) is 30.1 Å². The fraction of sp³-hybridized carbons (Fsp3) is 0.462. The molecule has 0 bridgehead atoms. The number of pyridine rings is 1. The van der Waals surface area contributed by atoms with Gasteiger partial charge in [0.05, 0.1) is 6.42 Å². The van der Waals surface area contributed by atoms with Gasteiger partial charge in [-0.3, -0.25) is 14.6 Å². The normalized spacial score (nSPS) is 11.0. The van der Waals surface area contributed by atoms with Gasteiger partial charge in [-0.15, -0.1) is 0 Å². The Labute approximate surface area is 106 Å². The van der Waals surface area contributed by atoms with Gasteiger partial charge in [-0.2, -0.15) is 0 Å². The van der Waals surface area contributed by atoms with E-state index in [1.54, 1.807) is 18.3 Å². The van der Waals surface area contributed by atoms with Crippen LogP contribution in [0.4, 0.5) is 0 Å². The highest BCUT2D eigenvalue weighted by atomic mass is 16.4. The first-order valence-corrected chi connectivity index (χ1v) is 5.82. The molecule has 0 saturated carbocycles. The van der Waals surface area contributed by atoms with Gasteiger partial charge in [0.15, 0.2) is 0 Å². The highest BCUT2D eigenvalue weighted by Crippen LogP contribution is 2.11. The van der Waals surface area contributed by atoms with Crippen LogP contribution in [0.15, 0.2) is 24.4 Å². The van der Waals surface area contributed by atoms with Crippen molar-refractivity contribution < 1.29 is 14.7 Å². The van der Waals surface area contributed by atoms with Crippen molar-refractivity contribution in [2.24, 2.45) is 0 Å². The number of carboxylic acids is 1. The third-order valence-corrected chi connectivity index (χ3v) is 2.51. The van der Waals surface area contributed by atoms with Crippen LogP contribution in [0.2, 0.25) is 0 Å². The fourth-order valence-electron chi connectivity index (χ4n) is 1.57. The Morgan fingerprint density at radius 1 is 1.39 bits per heavy atom. The summed E-state index contributed by atoms with van der Waals surface area (Å²) >= 11 is 0. The van der Waals surface area contributed by atoms with E-state index in [0.717, 1.165) is 0 Å². The van der Waals surface area contributed by atoms with Gasteiger partial charge < -0.3 is 10.4 Å². The van der Waals surface area contributed by atoms with Crippen LogP contribution in [-0.2, 0) is 16.0 Å². The topological polar surface area (TPSA) is 79.3 Å². The van der Waals surface area contributed by atoms with Crippen molar-refractivity contribution in [3.63, 3.8) is 0 Å². The molecule has 1 rings (SSSR count). The predicted molar refractivity (Wildman–Crippen MR) is 67.0 cm³/mol. The van der Waals surface area contributed by atoms with Gasteiger partial charge in [-0.05, 0) is 32.4 Å². The summed E-state index contributed by atoms with van der Waals surface area (Å²) in [5.74, 6) is -1.01. The number of carbonyl (C=O) groups excluding carboxylic acids is 1. The molecule has 0 atom stereocenters. The minimum absolute atomic E-state index is 0.0386. The molecule has 0 aromatic carbocycles. The molecule has 0 saturated heterocycles. The molecular formula is C13H18N2O3. The second-order valence-electron chi connectivity index (χ2n) is 4.82. The average molecular weight is 250 g/mol. The first-order valence-electron chi connectivity index (χ1n) is 5.82. The van der Waals surface area contributed by atoms with Gasteiger partial charge in [-0.1, -0.05) is 6.07 Å². The molecule has 0 fully saturated rings. The third kappa shape index (κ3) is 5.43. The Kier molecular flexibility index (Phi) is 4.83. The lowest BCUT2D eigenvalue weighted by Crippen LogP contribution is -2.44. The predicted octanol–water partition coefficient (Wildman–Crippen LogP) is 1.38. The molecule has 5 heteroatoms. The number of carbonyl (C=O) groups is 2. The summed E-state index contributed by atoms with van der Waals surface area (Å²) in [6.45, 7) is 3.62. The van der Waals surface area contributed by atoms with Gasteiger partial charge in [0.2, 0.25) is 5.91 Å². The zero-order chi connectivity index (χ0) is 13.6. The summed E-state index contributed by atoms with van der Waals surface area (Å²) in [5.41, 5.74) is 0.175. The molecule has 0 aliphatic carbocycles. The number of amides is 1. The quantitative estimate of drug-likeness (QED) is 0.799.